The SMILES string of the molecule is C[P+](C)(C)CCC1=CC=CC1.[Cl-]. The molecule has 0 spiro atoms. The molecule has 1 aliphatic rings. The van der Waals surface area contributed by atoms with E-state index in [-0.39, 0.29) is 12.4 Å². The first kappa shape index (κ1) is 12.2. The lowest BCUT2D eigenvalue weighted by molar-refractivity contribution is -0.00000259. The van der Waals surface area contributed by atoms with Crippen LogP contribution in [-0.2, 0) is 0 Å². The fourth-order valence-electron chi connectivity index (χ4n) is 1.16. The van der Waals surface area contributed by atoms with E-state index >= 15 is 0 Å². The summed E-state index contributed by atoms with van der Waals surface area (Å²) < 4.78 is 0. The van der Waals surface area contributed by atoms with Crippen molar-refractivity contribution < 1.29 is 12.4 Å². The molecule has 0 aromatic rings. The van der Waals surface area contributed by atoms with Crippen molar-refractivity contribution in [2.24, 2.45) is 0 Å². The lowest BCUT2D eigenvalue weighted by atomic mass is 10.2. The monoisotopic (exact) mass is 204 g/mol. The highest BCUT2D eigenvalue weighted by molar-refractivity contribution is 7.73. The lowest BCUT2D eigenvalue weighted by Crippen LogP contribution is -3.00. The highest BCUT2D eigenvalue weighted by Gasteiger charge is 2.17. The third-order valence-corrected chi connectivity index (χ3v) is 3.52. The first-order chi connectivity index (χ1) is 5.08. The summed E-state index contributed by atoms with van der Waals surface area (Å²) in [6.45, 7) is 7.24. The highest BCUT2D eigenvalue weighted by atomic mass is 35.5. The van der Waals surface area contributed by atoms with E-state index in [4.69, 9.17) is 0 Å². The van der Waals surface area contributed by atoms with E-state index in [9.17, 15) is 0 Å². The van der Waals surface area contributed by atoms with Crippen molar-refractivity contribution in [3.63, 3.8) is 0 Å². The molecular formula is C10H18ClP. The van der Waals surface area contributed by atoms with Crippen LogP contribution in [-0.4, -0.2) is 26.2 Å². The van der Waals surface area contributed by atoms with E-state index in [1.54, 1.807) is 5.57 Å². The Morgan fingerprint density at radius 2 is 2.00 bits per heavy atom. The van der Waals surface area contributed by atoms with Crippen LogP contribution in [0.1, 0.15) is 12.8 Å². The van der Waals surface area contributed by atoms with E-state index in [1.165, 1.54) is 19.0 Å². The normalized spacial score (nSPS) is 15.8. The van der Waals surface area contributed by atoms with Gasteiger partial charge in [-0.05, 0) is 6.42 Å². The lowest BCUT2D eigenvalue weighted by Gasteiger charge is -2.11. The Morgan fingerprint density at radius 1 is 1.33 bits per heavy atom. The van der Waals surface area contributed by atoms with Crippen LogP contribution < -0.4 is 12.4 Å². The van der Waals surface area contributed by atoms with Crippen molar-refractivity contribution in [2.75, 3.05) is 26.2 Å². The molecule has 2 heteroatoms. The van der Waals surface area contributed by atoms with Gasteiger partial charge in [0.15, 0.2) is 0 Å². The minimum atomic E-state index is -0.537. The van der Waals surface area contributed by atoms with Gasteiger partial charge in [-0.1, -0.05) is 23.8 Å². The molecule has 1 aliphatic carbocycles. The maximum absolute atomic E-state index is 2.41. The zero-order chi connectivity index (χ0) is 8.32. The van der Waals surface area contributed by atoms with Gasteiger partial charge < -0.3 is 12.4 Å². The standard InChI is InChI=1S/C10H18P.ClH/c1-11(2,3)9-8-10-6-4-5-7-10;/h4-6H,7-9H2,1-3H3;1H/q+1;/p-1. The van der Waals surface area contributed by atoms with Crippen molar-refractivity contribution in [1.29, 1.82) is 0 Å². The summed E-state index contributed by atoms with van der Waals surface area (Å²) in [5.74, 6) is 0. The average molecular weight is 205 g/mol. The molecule has 0 fully saturated rings. The molecule has 0 saturated carbocycles. The Morgan fingerprint density at radius 3 is 2.42 bits per heavy atom. The van der Waals surface area contributed by atoms with Crippen molar-refractivity contribution in [3.8, 4) is 0 Å². The Balaban J connectivity index is 0.00000121. The predicted octanol–water partition coefficient (Wildman–Crippen LogP) is 0.174. The first-order valence-corrected chi connectivity index (χ1v) is 7.54. The second kappa shape index (κ2) is 5.04. The largest absolute Gasteiger partial charge is 1.00 e. The van der Waals surface area contributed by atoms with Gasteiger partial charge in [-0.2, -0.15) is 0 Å². The van der Waals surface area contributed by atoms with Crippen LogP contribution in [0.4, 0.5) is 0 Å². The molecule has 0 saturated heterocycles. The Kier molecular flexibility index (Phi) is 5.13. The van der Waals surface area contributed by atoms with Crippen LogP contribution in [0.2, 0.25) is 0 Å². The zero-order valence-corrected chi connectivity index (χ0v) is 9.83. The van der Waals surface area contributed by atoms with Crippen LogP contribution in [0.15, 0.2) is 23.8 Å². The van der Waals surface area contributed by atoms with Crippen molar-refractivity contribution in [2.45, 2.75) is 12.8 Å². The Bertz CT molecular complexity index is 187. The molecule has 0 nitrogen and oxygen atoms in total. The second-order valence-electron chi connectivity index (χ2n) is 4.22. The molecule has 70 valence electrons. The Labute approximate surface area is 82.9 Å². The molecule has 0 aliphatic heterocycles. The van der Waals surface area contributed by atoms with Crippen LogP contribution in [0, 0.1) is 0 Å². The third kappa shape index (κ3) is 4.95. The van der Waals surface area contributed by atoms with E-state index in [2.05, 4.69) is 38.2 Å². The van der Waals surface area contributed by atoms with Crippen molar-refractivity contribution in [1.82, 2.24) is 0 Å². The van der Waals surface area contributed by atoms with Gasteiger partial charge in [-0.3, -0.25) is 0 Å². The quantitative estimate of drug-likeness (QED) is 0.576. The summed E-state index contributed by atoms with van der Waals surface area (Å²) in [7, 11) is -0.537. The van der Waals surface area contributed by atoms with Gasteiger partial charge in [0.25, 0.3) is 0 Å². The number of hydrogen-bond acceptors (Lipinski definition) is 0. The number of rotatable bonds is 3. The molecule has 1 rings (SSSR count). The fourth-order valence-corrected chi connectivity index (χ4v) is 2.11. The van der Waals surface area contributed by atoms with Crippen molar-refractivity contribution in [3.05, 3.63) is 23.8 Å². The van der Waals surface area contributed by atoms with E-state index < -0.39 is 7.26 Å². The number of allylic oxidation sites excluding steroid dienone is 4. The summed E-state index contributed by atoms with van der Waals surface area (Å²) in [6.07, 6.45) is 10.6. The summed E-state index contributed by atoms with van der Waals surface area (Å²) >= 11 is 0. The molecule has 0 heterocycles. The molecule has 0 atom stereocenters. The zero-order valence-electron chi connectivity index (χ0n) is 8.18. The average Bonchev–Trinajstić information content (AvgIpc) is 2.32. The summed E-state index contributed by atoms with van der Waals surface area (Å²) in [5.41, 5.74) is 1.62. The van der Waals surface area contributed by atoms with Gasteiger partial charge in [-0.15, -0.1) is 0 Å². The molecule has 0 aromatic carbocycles. The Hall–Kier alpha value is 0.200. The molecule has 0 N–H and O–H groups in total. The van der Waals surface area contributed by atoms with Gasteiger partial charge in [-0.25, -0.2) is 0 Å². The molecule has 0 aromatic heterocycles. The van der Waals surface area contributed by atoms with Crippen LogP contribution in [0.5, 0.6) is 0 Å². The van der Waals surface area contributed by atoms with Gasteiger partial charge >= 0.3 is 0 Å². The van der Waals surface area contributed by atoms with Gasteiger partial charge in [0.2, 0.25) is 0 Å². The minimum absolute atomic E-state index is 0. The van der Waals surface area contributed by atoms with Gasteiger partial charge in [0, 0.05) is 33.7 Å². The predicted molar refractivity (Wildman–Crippen MR) is 56.0 cm³/mol. The van der Waals surface area contributed by atoms with E-state index in [0.717, 1.165) is 0 Å². The van der Waals surface area contributed by atoms with Crippen LogP contribution in [0.3, 0.4) is 0 Å². The van der Waals surface area contributed by atoms with Crippen LogP contribution in [0.25, 0.3) is 0 Å². The van der Waals surface area contributed by atoms with Crippen molar-refractivity contribution >= 4 is 7.26 Å². The van der Waals surface area contributed by atoms with E-state index in [0.29, 0.717) is 0 Å². The molecule has 0 amide bonds. The number of halogens is 1. The maximum atomic E-state index is 2.41. The molecule has 12 heavy (non-hydrogen) atoms. The third-order valence-electron chi connectivity index (χ3n) is 1.95. The topological polar surface area (TPSA) is 0 Å². The molecular weight excluding hydrogens is 187 g/mol. The highest BCUT2D eigenvalue weighted by Crippen LogP contribution is 2.47. The van der Waals surface area contributed by atoms with Gasteiger partial charge in [0.05, 0.1) is 6.16 Å². The summed E-state index contributed by atoms with van der Waals surface area (Å²) in [6, 6.07) is 0. The fraction of sp³-hybridized carbons (Fsp3) is 0.600. The summed E-state index contributed by atoms with van der Waals surface area (Å²) in [5, 5.41) is 0. The molecule has 0 radical (unpaired) electrons. The maximum Gasteiger partial charge on any atom is 0.0623 e. The first-order valence-electron chi connectivity index (χ1n) is 4.23. The van der Waals surface area contributed by atoms with Crippen LogP contribution >= 0.6 is 7.26 Å². The molecule has 0 bridgehead atoms. The minimum Gasteiger partial charge on any atom is -1.00 e. The summed E-state index contributed by atoms with van der Waals surface area (Å²) in [4.78, 5) is 0. The number of hydrogen-bond donors (Lipinski definition) is 0. The smallest absolute Gasteiger partial charge is 0.0623 e. The van der Waals surface area contributed by atoms with Gasteiger partial charge in [0.1, 0.15) is 0 Å². The van der Waals surface area contributed by atoms with E-state index in [1.807, 2.05) is 0 Å². The molecule has 0 unspecified atom stereocenters. The second-order valence-corrected chi connectivity index (χ2v) is 9.25.